The largest absolute Gasteiger partial charge is 0.346 e. The maximum atomic E-state index is 12.2. The molecule has 0 aliphatic heterocycles. The number of Topliss-reactive ketones (excluding diaryl/α,β-unsaturated/α-hetero) is 1. The lowest BCUT2D eigenvalue weighted by Gasteiger charge is -2.08. The van der Waals surface area contributed by atoms with E-state index in [2.05, 4.69) is 5.32 Å². The summed E-state index contributed by atoms with van der Waals surface area (Å²) in [6.45, 7) is 3.39. The average molecular weight is 291 g/mol. The standard InChI is InChI=1S/C15H15ClN2O2/c1-9-4-5-13(12(16)6-9)17-15(20)14-7-11(10(2)19)8-18(14)3/h4-8H,1-3H3,(H,17,20). The Morgan fingerprint density at radius 1 is 1.25 bits per heavy atom. The highest BCUT2D eigenvalue weighted by atomic mass is 35.5. The third-order valence-electron chi connectivity index (χ3n) is 3.02. The van der Waals surface area contributed by atoms with Crippen LogP contribution in [0, 0.1) is 6.92 Å². The van der Waals surface area contributed by atoms with Crippen molar-refractivity contribution in [1.29, 1.82) is 0 Å². The van der Waals surface area contributed by atoms with Crippen molar-refractivity contribution in [1.82, 2.24) is 4.57 Å². The van der Waals surface area contributed by atoms with Gasteiger partial charge in [0.2, 0.25) is 0 Å². The van der Waals surface area contributed by atoms with Crippen molar-refractivity contribution in [3.05, 3.63) is 52.3 Å². The number of anilines is 1. The molecule has 0 aliphatic rings. The summed E-state index contributed by atoms with van der Waals surface area (Å²) in [5.41, 5.74) is 2.48. The molecule has 1 N–H and O–H groups in total. The zero-order valence-corrected chi connectivity index (χ0v) is 12.3. The molecular weight excluding hydrogens is 276 g/mol. The van der Waals surface area contributed by atoms with E-state index in [9.17, 15) is 9.59 Å². The number of hydrogen-bond acceptors (Lipinski definition) is 2. The molecule has 1 aromatic carbocycles. The summed E-state index contributed by atoms with van der Waals surface area (Å²) in [5.74, 6) is -0.376. The van der Waals surface area contributed by atoms with Crippen LogP contribution in [-0.4, -0.2) is 16.3 Å². The molecule has 20 heavy (non-hydrogen) atoms. The first kappa shape index (κ1) is 14.3. The number of halogens is 1. The zero-order chi connectivity index (χ0) is 14.9. The number of aryl methyl sites for hydroxylation is 2. The Morgan fingerprint density at radius 3 is 2.50 bits per heavy atom. The summed E-state index contributed by atoms with van der Waals surface area (Å²) >= 11 is 6.08. The quantitative estimate of drug-likeness (QED) is 0.880. The molecule has 1 heterocycles. The SMILES string of the molecule is CC(=O)c1cc(C(=O)Nc2ccc(C)cc2Cl)n(C)c1. The monoisotopic (exact) mass is 290 g/mol. The molecule has 0 spiro atoms. The van der Waals surface area contributed by atoms with Crippen LogP contribution >= 0.6 is 11.6 Å². The van der Waals surface area contributed by atoms with Crippen molar-refractivity contribution < 1.29 is 9.59 Å². The molecule has 0 saturated carbocycles. The Morgan fingerprint density at radius 2 is 1.95 bits per heavy atom. The Kier molecular flexibility index (Phi) is 3.95. The summed E-state index contributed by atoms with van der Waals surface area (Å²) < 4.78 is 1.62. The Bertz CT molecular complexity index is 689. The van der Waals surface area contributed by atoms with E-state index in [1.165, 1.54) is 6.92 Å². The van der Waals surface area contributed by atoms with Crippen molar-refractivity contribution in [2.24, 2.45) is 7.05 Å². The molecule has 4 nitrogen and oxygen atoms in total. The van der Waals surface area contributed by atoms with E-state index in [-0.39, 0.29) is 11.7 Å². The minimum Gasteiger partial charge on any atom is -0.346 e. The van der Waals surface area contributed by atoms with Crippen LogP contribution in [-0.2, 0) is 7.05 Å². The summed E-state index contributed by atoms with van der Waals surface area (Å²) in [7, 11) is 1.72. The topological polar surface area (TPSA) is 51.1 Å². The lowest BCUT2D eigenvalue weighted by molar-refractivity contribution is 0.101. The number of amides is 1. The minimum atomic E-state index is -0.300. The number of benzene rings is 1. The molecule has 2 rings (SSSR count). The van der Waals surface area contributed by atoms with E-state index < -0.39 is 0 Å². The lowest BCUT2D eigenvalue weighted by atomic mass is 10.2. The first-order valence-electron chi connectivity index (χ1n) is 6.13. The van der Waals surface area contributed by atoms with Crippen LogP contribution in [0.25, 0.3) is 0 Å². The second kappa shape index (κ2) is 5.51. The maximum absolute atomic E-state index is 12.2. The number of nitrogens with zero attached hydrogens (tertiary/aromatic N) is 1. The van der Waals surface area contributed by atoms with Crippen molar-refractivity contribution >= 4 is 29.0 Å². The van der Waals surface area contributed by atoms with Crippen molar-refractivity contribution in [2.75, 3.05) is 5.32 Å². The number of nitrogens with one attached hydrogen (secondary N) is 1. The van der Waals surface area contributed by atoms with Gasteiger partial charge in [-0.1, -0.05) is 17.7 Å². The number of aromatic nitrogens is 1. The van der Waals surface area contributed by atoms with E-state index >= 15 is 0 Å². The van der Waals surface area contributed by atoms with Gasteiger partial charge in [-0.2, -0.15) is 0 Å². The van der Waals surface area contributed by atoms with E-state index in [1.54, 1.807) is 36.0 Å². The molecule has 0 unspecified atom stereocenters. The van der Waals surface area contributed by atoms with Crippen LogP contribution in [0.4, 0.5) is 5.69 Å². The molecule has 1 aromatic heterocycles. The van der Waals surface area contributed by atoms with Gasteiger partial charge >= 0.3 is 0 Å². The second-order valence-electron chi connectivity index (χ2n) is 4.72. The van der Waals surface area contributed by atoms with Crippen molar-refractivity contribution in [2.45, 2.75) is 13.8 Å². The van der Waals surface area contributed by atoms with Gasteiger partial charge < -0.3 is 9.88 Å². The molecule has 0 atom stereocenters. The van der Waals surface area contributed by atoms with Gasteiger partial charge in [0, 0.05) is 18.8 Å². The highest BCUT2D eigenvalue weighted by molar-refractivity contribution is 6.34. The molecule has 0 fully saturated rings. The average Bonchev–Trinajstić information content (AvgIpc) is 2.75. The highest BCUT2D eigenvalue weighted by Crippen LogP contribution is 2.23. The number of carbonyl (C=O) groups excluding carboxylic acids is 2. The van der Waals surface area contributed by atoms with Gasteiger partial charge in [0.1, 0.15) is 5.69 Å². The Balaban J connectivity index is 2.26. The molecule has 0 aliphatic carbocycles. The fourth-order valence-corrected chi connectivity index (χ4v) is 2.17. The number of ketones is 1. The molecule has 5 heteroatoms. The molecule has 0 radical (unpaired) electrons. The predicted molar refractivity (Wildman–Crippen MR) is 79.6 cm³/mol. The first-order chi connectivity index (χ1) is 9.38. The summed E-state index contributed by atoms with van der Waals surface area (Å²) in [5, 5.41) is 3.23. The predicted octanol–water partition coefficient (Wildman–Crippen LogP) is 3.44. The Labute approximate surface area is 122 Å². The van der Waals surface area contributed by atoms with Gasteiger partial charge in [0.15, 0.2) is 5.78 Å². The first-order valence-corrected chi connectivity index (χ1v) is 6.51. The van der Waals surface area contributed by atoms with Gasteiger partial charge in [-0.15, -0.1) is 0 Å². The summed E-state index contributed by atoms with van der Waals surface area (Å²) in [6.07, 6.45) is 1.63. The molecule has 0 saturated heterocycles. The molecule has 104 valence electrons. The van der Waals surface area contributed by atoms with Gasteiger partial charge in [-0.25, -0.2) is 0 Å². The van der Waals surface area contributed by atoms with Crippen molar-refractivity contribution in [3.63, 3.8) is 0 Å². The molecule has 2 aromatic rings. The van der Waals surface area contributed by atoms with Gasteiger partial charge in [0.25, 0.3) is 5.91 Å². The smallest absolute Gasteiger partial charge is 0.272 e. The highest BCUT2D eigenvalue weighted by Gasteiger charge is 2.15. The van der Waals surface area contributed by atoms with Crippen LogP contribution in [0.2, 0.25) is 5.02 Å². The maximum Gasteiger partial charge on any atom is 0.272 e. The number of hydrogen-bond donors (Lipinski definition) is 1. The normalized spacial score (nSPS) is 10.4. The van der Waals surface area contributed by atoms with Gasteiger partial charge in [0.05, 0.1) is 10.7 Å². The van der Waals surface area contributed by atoms with E-state index in [4.69, 9.17) is 11.6 Å². The van der Waals surface area contributed by atoms with Crippen LogP contribution < -0.4 is 5.32 Å². The number of rotatable bonds is 3. The van der Waals surface area contributed by atoms with E-state index in [0.29, 0.717) is 22.0 Å². The van der Waals surface area contributed by atoms with Crippen LogP contribution in [0.3, 0.4) is 0 Å². The Hall–Kier alpha value is -2.07. The summed E-state index contributed by atoms with van der Waals surface area (Å²) in [6, 6.07) is 6.97. The fraction of sp³-hybridized carbons (Fsp3) is 0.200. The third kappa shape index (κ3) is 2.91. The van der Waals surface area contributed by atoms with Crippen LogP contribution in [0.1, 0.15) is 33.3 Å². The van der Waals surface area contributed by atoms with Gasteiger partial charge in [-0.3, -0.25) is 9.59 Å². The van der Waals surface area contributed by atoms with Gasteiger partial charge in [-0.05, 0) is 37.6 Å². The third-order valence-corrected chi connectivity index (χ3v) is 3.33. The fourth-order valence-electron chi connectivity index (χ4n) is 1.89. The summed E-state index contributed by atoms with van der Waals surface area (Å²) in [4.78, 5) is 23.5. The van der Waals surface area contributed by atoms with Crippen LogP contribution in [0.15, 0.2) is 30.5 Å². The minimum absolute atomic E-state index is 0.0759. The second-order valence-corrected chi connectivity index (χ2v) is 5.13. The zero-order valence-electron chi connectivity index (χ0n) is 11.5. The van der Waals surface area contributed by atoms with E-state index in [1.807, 2.05) is 13.0 Å². The van der Waals surface area contributed by atoms with Crippen molar-refractivity contribution in [3.8, 4) is 0 Å². The number of carbonyl (C=O) groups is 2. The molecular formula is C15H15ClN2O2. The van der Waals surface area contributed by atoms with Crippen LogP contribution in [0.5, 0.6) is 0 Å². The van der Waals surface area contributed by atoms with E-state index in [0.717, 1.165) is 5.56 Å². The lowest BCUT2D eigenvalue weighted by Crippen LogP contribution is -2.15. The molecule has 0 bridgehead atoms. The molecule has 1 amide bonds.